The van der Waals surface area contributed by atoms with Crippen molar-refractivity contribution in [2.75, 3.05) is 13.1 Å². The highest BCUT2D eigenvalue weighted by Crippen LogP contribution is 2.43. The Morgan fingerprint density at radius 3 is 1.87 bits per heavy atom. The molecular weight excluding hydrogens is 182 g/mol. The summed E-state index contributed by atoms with van der Waals surface area (Å²) in [5, 5.41) is 0. The van der Waals surface area contributed by atoms with E-state index in [9.17, 15) is 0 Å². The maximum Gasteiger partial charge on any atom is 0.00388 e. The summed E-state index contributed by atoms with van der Waals surface area (Å²) in [6, 6.07) is 0.751. The van der Waals surface area contributed by atoms with Crippen molar-refractivity contribution in [3.05, 3.63) is 0 Å². The molecule has 15 heavy (non-hydrogen) atoms. The monoisotopic (exact) mass is 209 g/mol. The summed E-state index contributed by atoms with van der Waals surface area (Å²) >= 11 is 0. The van der Waals surface area contributed by atoms with E-state index >= 15 is 0 Å². The van der Waals surface area contributed by atoms with Crippen molar-refractivity contribution in [1.29, 1.82) is 0 Å². The SMILES string of the molecule is CC(C)C1C2CCCC1CN(C(C)C)C2. The van der Waals surface area contributed by atoms with Gasteiger partial charge in [-0.3, -0.25) is 0 Å². The van der Waals surface area contributed by atoms with E-state index < -0.39 is 0 Å². The number of piperidine rings is 1. The highest BCUT2D eigenvalue weighted by molar-refractivity contribution is 4.92. The molecule has 2 fully saturated rings. The fourth-order valence-corrected chi connectivity index (χ4v) is 4.03. The third kappa shape index (κ3) is 2.22. The van der Waals surface area contributed by atoms with Crippen LogP contribution < -0.4 is 0 Å². The van der Waals surface area contributed by atoms with E-state index in [0.717, 1.165) is 29.7 Å². The Kier molecular flexibility index (Phi) is 3.39. The van der Waals surface area contributed by atoms with Gasteiger partial charge >= 0.3 is 0 Å². The van der Waals surface area contributed by atoms with Gasteiger partial charge in [0.05, 0.1) is 0 Å². The van der Waals surface area contributed by atoms with Gasteiger partial charge in [0, 0.05) is 19.1 Å². The van der Waals surface area contributed by atoms with E-state index in [1.54, 1.807) is 0 Å². The van der Waals surface area contributed by atoms with Crippen molar-refractivity contribution >= 4 is 0 Å². The van der Waals surface area contributed by atoms with Crippen LogP contribution in [0.2, 0.25) is 0 Å². The van der Waals surface area contributed by atoms with Crippen molar-refractivity contribution in [3.8, 4) is 0 Å². The predicted octanol–water partition coefficient (Wildman–Crippen LogP) is 3.40. The second-order valence-corrected chi connectivity index (χ2v) is 6.32. The van der Waals surface area contributed by atoms with E-state index in [-0.39, 0.29) is 0 Å². The van der Waals surface area contributed by atoms with Crippen molar-refractivity contribution in [3.63, 3.8) is 0 Å². The van der Waals surface area contributed by atoms with Crippen LogP contribution in [0.1, 0.15) is 47.0 Å². The summed E-state index contributed by atoms with van der Waals surface area (Å²) in [6.45, 7) is 12.3. The van der Waals surface area contributed by atoms with Crippen LogP contribution in [-0.4, -0.2) is 24.0 Å². The Morgan fingerprint density at radius 1 is 0.933 bits per heavy atom. The molecule has 0 spiro atoms. The molecule has 0 aromatic rings. The van der Waals surface area contributed by atoms with Crippen LogP contribution in [0.4, 0.5) is 0 Å². The van der Waals surface area contributed by atoms with Crippen molar-refractivity contribution < 1.29 is 0 Å². The third-order valence-electron chi connectivity index (χ3n) is 4.68. The van der Waals surface area contributed by atoms with Crippen molar-refractivity contribution in [2.45, 2.75) is 53.0 Å². The number of fused-ring (bicyclic) bond motifs is 2. The van der Waals surface area contributed by atoms with Crippen LogP contribution in [0, 0.1) is 23.7 Å². The number of nitrogens with zero attached hydrogens (tertiary/aromatic N) is 1. The van der Waals surface area contributed by atoms with Crippen molar-refractivity contribution in [2.24, 2.45) is 23.7 Å². The molecule has 1 heteroatoms. The lowest BCUT2D eigenvalue weighted by Gasteiger charge is -2.50. The number of hydrogen-bond acceptors (Lipinski definition) is 1. The van der Waals surface area contributed by atoms with Gasteiger partial charge in [-0.1, -0.05) is 20.3 Å². The van der Waals surface area contributed by atoms with E-state index in [0.29, 0.717) is 0 Å². The molecule has 1 aliphatic heterocycles. The smallest absolute Gasteiger partial charge is 0.00388 e. The molecule has 0 N–H and O–H groups in total. The molecule has 2 rings (SSSR count). The Bertz CT molecular complexity index is 195. The molecule has 1 aliphatic carbocycles. The molecule has 1 saturated heterocycles. The number of hydrogen-bond donors (Lipinski definition) is 0. The van der Waals surface area contributed by atoms with Crippen LogP contribution in [0.15, 0.2) is 0 Å². The summed E-state index contributed by atoms with van der Waals surface area (Å²) in [5.41, 5.74) is 0. The molecule has 1 saturated carbocycles. The van der Waals surface area contributed by atoms with Crippen LogP contribution in [0.3, 0.4) is 0 Å². The van der Waals surface area contributed by atoms with Gasteiger partial charge in [-0.25, -0.2) is 0 Å². The van der Waals surface area contributed by atoms with E-state index in [1.807, 2.05) is 0 Å². The molecule has 2 aliphatic rings. The van der Waals surface area contributed by atoms with Crippen LogP contribution in [0.25, 0.3) is 0 Å². The molecule has 2 atom stereocenters. The van der Waals surface area contributed by atoms with Gasteiger partial charge in [0.15, 0.2) is 0 Å². The maximum atomic E-state index is 2.72. The van der Waals surface area contributed by atoms with Gasteiger partial charge in [0.25, 0.3) is 0 Å². The Balaban J connectivity index is 2.08. The molecule has 1 nitrogen and oxygen atoms in total. The van der Waals surface area contributed by atoms with Crippen molar-refractivity contribution in [1.82, 2.24) is 4.90 Å². The normalized spacial score (nSPS) is 37.6. The summed E-state index contributed by atoms with van der Waals surface area (Å²) < 4.78 is 0. The van der Waals surface area contributed by atoms with Crippen LogP contribution in [0.5, 0.6) is 0 Å². The lowest BCUT2D eigenvalue weighted by molar-refractivity contribution is -0.0136. The fraction of sp³-hybridized carbons (Fsp3) is 1.00. The molecule has 0 aromatic heterocycles. The highest BCUT2D eigenvalue weighted by Gasteiger charge is 2.40. The zero-order valence-electron chi connectivity index (χ0n) is 10.9. The first-order chi connectivity index (χ1) is 7.09. The summed E-state index contributed by atoms with van der Waals surface area (Å²) in [7, 11) is 0. The lowest BCUT2D eigenvalue weighted by atomic mass is 9.64. The Morgan fingerprint density at radius 2 is 1.47 bits per heavy atom. The quantitative estimate of drug-likeness (QED) is 0.674. The summed E-state index contributed by atoms with van der Waals surface area (Å²) in [6.07, 6.45) is 4.47. The Hall–Kier alpha value is -0.0400. The first kappa shape index (κ1) is 11.4. The van der Waals surface area contributed by atoms with E-state index in [4.69, 9.17) is 0 Å². The van der Waals surface area contributed by atoms with E-state index in [1.165, 1.54) is 32.4 Å². The molecule has 0 amide bonds. The molecular formula is C14H27N. The summed E-state index contributed by atoms with van der Waals surface area (Å²) in [4.78, 5) is 2.72. The maximum absolute atomic E-state index is 2.72. The molecule has 2 bridgehead atoms. The third-order valence-corrected chi connectivity index (χ3v) is 4.68. The standard InChI is InChI=1S/C14H27N/c1-10(2)14-12-6-5-7-13(14)9-15(8-12)11(3)4/h10-14H,5-9H2,1-4H3. The largest absolute Gasteiger partial charge is 0.300 e. The van der Waals surface area contributed by atoms with Gasteiger partial charge in [-0.15, -0.1) is 0 Å². The van der Waals surface area contributed by atoms with Gasteiger partial charge in [-0.05, 0) is 50.4 Å². The topological polar surface area (TPSA) is 3.24 Å². The minimum Gasteiger partial charge on any atom is -0.300 e. The predicted molar refractivity (Wildman–Crippen MR) is 65.9 cm³/mol. The zero-order chi connectivity index (χ0) is 11.0. The fourth-order valence-electron chi connectivity index (χ4n) is 4.03. The van der Waals surface area contributed by atoms with E-state index in [2.05, 4.69) is 32.6 Å². The second-order valence-electron chi connectivity index (χ2n) is 6.32. The van der Waals surface area contributed by atoms with Gasteiger partial charge in [0.2, 0.25) is 0 Å². The van der Waals surface area contributed by atoms with Crippen LogP contribution >= 0.6 is 0 Å². The average Bonchev–Trinajstić information content (AvgIpc) is 2.15. The minimum atomic E-state index is 0.751. The lowest BCUT2D eigenvalue weighted by Crippen LogP contribution is -2.52. The molecule has 0 aromatic carbocycles. The number of rotatable bonds is 2. The minimum absolute atomic E-state index is 0.751. The molecule has 88 valence electrons. The molecule has 0 radical (unpaired) electrons. The highest BCUT2D eigenvalue weighted by atomic mass is 15.2. The molecule has 2 unspecified atom stereocenters. The summed E-state index contributed by atoms with van der Waals surface area (Å²) in [5.74, 6) is 3.92. The van der Waals surface area contributed by atoms with Gasteiger partial charge in [-0.2, -0.15) is 0 Å². The van der Waals surface area contributed by atoms with Gasteiger partial charge in [0.1, 0.15) is 0 Å². The second kappa shape index (κ2) is 4.45. The first-order valence-corrected chi connectivity index (χ1v) is 6.83. The first-order valence-electron chi connectivity index (χ1n) is 6.83. The average molecular weight is 209 g/mol. The zero-order valence-corrected chi connectivity index (χ0v) is 10.9. The van der Waals surface area contributed by atoms with Gasteiger partial charge < -0.3 is 4.90 Å². The number of likely N-dealkylation sites (tertiary alicyclic amines) is 1. The molecule has 1 heterocycles. The van der Waals surface area contributed by atoms with Crippen LogP contribution in [-0.2, 0) is 0 Å². The Labute approximate surface area is 95.2 Å².